The molecule has 0 aliphatic heterocycles. The zero-order chi connectivity index (χ0) is 18.3. The van der Waals surface area contributed by atoms with Crippen molar-refractivity contribution in [1.82, 2.24) is 9.71 Å². The third-order valence-corrected chi connectivity index (χ3v) is 7.35. The predicted octanol–water partition coefficient (Wildman–Crippen LogP) is 2.14. The van der Waals surface area contributed by atoms with Gasteiger partial charge in [-0.2, -0.15) is 0 Å². The standard InChI is InChI=1S/C16H19ClN2O4S2/c17-9-5-11-24(20,21)19-13-16(14-6-4-10-18-12-14)25(22,23)15-7-2-1-3-8-15/h1-4,6-8,10,12,16,19H,5,9,11,13H2. The maximum atomic E-state index is 13.0. The lowest BCUT2D eigenvalue weighted by molar-refractivity contribution is 0.568. The number of sulfonamides is 1. The van der Waals surface area contributed by atoms with Crippen molar-refractivity contribution in [2.75, 3.05) is 18.2 Å². The molecule has 136 valence electrons. The molecule has 1 atom stereocenters. The van der Waals surface area contributed by atoms with E-state index >= 15 is 0 Å². The molecule has 0 aliphatic carbocycles. The van der Waals surface area contributed by atoms with Crippen molar-refractivity contribution in [2.24, 2.45) is 0 Å². The second kappa shape index (κ2) is 8.75. The third kappa shape index (κ3) is 5.50. The highest BCUT2D eigenvalue weighted by molar-refractivity contribution is 7.92. The molecule has 1 aromatic heterocycles. The van der Waals surface area contributed by atoms with Gasteiger partial charge in [-0.15, -0.1) is 11.6 Å². The van der Waals surface area contributed by atoms with E-state index in [1.807, 2.05) is 0 Å². The summed E-state index contributed by atoms with van der Waals surface area (Å²) in [7, 11) is -7.40. The average molecular weight is 403 g/mol. The van der Waals surface area contributed by atoms with Gasteiger partial charge in [-0.3, -0.25) is 4.98 Å². The summed E-state index contributed by atoms with van der Waals surface area (Å²) in [5.41, 5.74) is 0.423. The topological polar surface area (TPSA) is 93.2 Å². The lowest BCUT2D eigenvalue weighted by Crippen LogP contribution is -2.33. The molecular weight excluding hydrogens is 384 g/mol. The summed E-state index contributed by atoms with van der Waals surface area (Å²) < 4.78 is 52.4. The Morgan fingerprint density at radius 1 is 1.04 bits per heavy atom. The first-order valence-electron chi connectivity index (χ1n) is 7.59. The Morgan fingerprint density at radius 2 is 1.76 bits per heavy atom. The van der Waals surface area contributed by atoms with E-state index in [4.69, 9.17) is 11.6 Å². The minimum absolute atomic E-state index is 0.129. The van der Waals surface area contributed by atoms with E-state index in [-0.39, 0.29) is 23.1 Å². The summed E-state index contributed by atoms with van der Waals surface area (Å²) in [6.45, 7) is -0.270. The molecule has 1 unspecified atom stereocenters. The number of pyridine rings is 1. The van der Waals surface area contributed by atoms with Crippen LogP contribution in [0.15, 0.2) is 59.8 Å². The summed E-state index contributed by atoms with van der Waals surface area (Å²) in [6.07, 6.45) is 3.25. The number of alkyl halides is 1. The Labute approximate surface area is 153 Å². The number of aromatic nitrogens is 1. The number of sulfone groups is 1. The summed E-state index contributed by atoms with van der Waals surface area (Å²) in [4.78, 5) is 4.08. The van der Waals surface area contributed by atoms with Crippen molar-refractivity contribution < 1.29 is 16.8 Å². The van der Waals surface area contributed by atoms with E-state index in [1.54, 1.807) is 30.3 Å². The number of nitrogens with zero attached hydrogens (tertiary/aromatic N) is 1. The maximum Gasteiger partial charge on any atom is 0.211 e. The van der Waals surface area contributed by atoms with Gasteiger partial charge >= 0.3 is 0 Å². The molecule has 2 aromatic rings. The number of halogens is 1. The molecule has 6 nitrogen and oxygen atoms in total. The molecule has 1 aromatic carbocycles. The van der Waals surface area contributed by atoms with Crippen LogP contribution in [0.4, 0.5) is 0 Å². The first-order valence-corrected chi connectivity index (χ1v) is 11.3. The maximum absolute atomic E-state index is 13.0. The Balaban J connectivity index is 2.32. The number of benzene rings is 1. The van der Waals surface area contributed by atoms with Gasteiger partial charge in [0.2, 0.25) is 10.0 Å². The van der Waals surface area contributed by atoms with Gasteiger partial charge in [-0.25, -0.2) is 21.6 Å². The van der Waals surface area contributed by atoms with Crippen molar-refractivity contribution >= 4 is 31.5 Å². The van der Waals surface area contributed by atoms with Crippen LogP contribution in [0.25, 0.3) is 0 Å². The Bertz CT molecular complexity index is 873. The van der Waals surface area contributed by atoms with Gasteiger partial charge in [-0.05, 0) is 30.2 Å². The number of hydrogen-bond donors (Lipinski definition) is 1. The molecule has 9 heteroatoms. The highest BCUT2D eigenvalue weighted by atomic mass is 35.5. The van der Waals surface area contributed by atoms with Crippen LogP contribution in [0.1, 0.15) is 17.2 Å². The zero-order valence-corrected chi connectivity index (χ0v) is 15.8. The second-order valence-electron chi connectivity index (χ2n) is 5.34. The van der Waals surface area contributed by atoms with Gasteiger partial charge in [-0.1, -0.05) is 24.3 Å². The summed E-state index contributed by atoms with van der Waals surface area (Å²) >= 11 is 5.52. The molecule has 1 heterocycles. The van der Waals surface area contributed by atoms with Gasteiger partial charge in [0, 0.05) is 24.8 Å². The summed E-state index contributed by atoms with van der Waals surface area (Å²) in [6, 6.07) is 11.2. The number of hydrogen-bond acceptors (Lipinski definition) is 5. The van der Waals surface area contributed by atoms with Crippen LogP contribution in [0, 0.1) is 0 Å². The molecule has 0 amide bonds. The van der Waals surface area contributed by atoms with Gasteiger partial charge in [0.05, 0.1) is 10.6 Å². The summed E-state index contributed by atoms with van der Waals surface area (Å²) in [5, 5.41) is -1.07. The van der Waals surface area contributed by atoms with Gasteiger partial charge in [0.25, 0.3) is 0 Å². The largest absolute Gasteiger partial charge is 0.264 e. The van der Waals surface area contributed by atoms with Crippen molar-refractivity contribution in [3.05, 3.63) is 60.4 Å². The van der Waals surface area contributed by atoms with Crippen molar-refractivity contribution in [1.29, 1.82) is 0 Å². The van der Waals surface area contributed by atoms with E-state index in [1.165, 1.54) is 24.5 Å². The van der Waals surface area contributed by atoms with Gasteiger partial charge in [0.1, 0.15) is 5.25 Å². The summed E-state index contributed by atoms with van der Waals surface area (Å²) in [5.74, 6) is 0.0664. The van der Waals surface area contributed by atoms with E-state index in [0.717, 1.165) is 0 Å². The van der Waals surface area contributed by atoms with Crippen LogP contribution in [0.5, 0.6) is 0 Å². The molecule has 0 aliphatic rings. The number of rotatable bonds is 9. The third-order valence-electron chi connectivity index (χ3n) is 3.54. The van der Waals surface area contributed by atoms with E-state index in [2.05, 4.69) is 9.71 Å². The molecule has 0 spiro atoms. The fraction of sp³-hybridized carbons (Fsp3) is 0.312. The predicted molar refractivity (Wildman–Crippen MR) is 97.7 cm³/mol. The lowest BCUT2D eigenvalue weighted by Gasteiger charge is -2.18. The second-order valence-corrected chi connectivity index (χ2v) is 9.78. The van der Waals surface area contributed by atoms with Crippen LogP contribution < -0.4 is 4.72 Å². The smallest absolute Gasteiger partial charge is 0.211 e. The molecule has 2 rings (SSSR count). The molecule has 25 heavy (non-hydrogen) atoms. The first-order chi connectivity index (χ1) is 11.9. The van der Waals surface area contributed by atoms with Crippen LogP contribution in [-0.2, 0) is 19.9 Å². The quantitative estimate of drug-likeness (QED) is 0.648. The Morgan fingerprint density at radius 3 is 2.36 bits per heavy atom. The molecule has 0 saturated heterocycles. The Hall–Kier alpha value is -1.48. The SMILES string of the molecule is O=S(=O)(CCCCl)NCC(c1cccnc1)S(=O)(=O)c1ccccc1. The highest BCUT2D eigenvalue weighted by Crippen LogP contribution is 2.28. The molecule has 0 bridgehead atoms. The van der Waals surface area contributed by atoms with Crippen molar-refractivity contribution in [3.8, 4) is 0 Å². The van der Waals surface area contributed by atoms with Crippen LogP contribution in [0.2, 0.25) is 0 Å². The van der Waals surface area contributed by atoms with Crippen LogP contribution in [-0.4, -0.2) is 40.0 Å². The molecule has 0 fully saturated rings. The van der Waals surface area contributed by atoms with Crippen LogP contribution in [0.3, 0.4) is 0 Å². The molecule has 0 radical (unpaired) electrons. The van der Waals surface area contributed by atoms with E-state index in [0.29, 0.717) is 12.0 Å². The van der Waals surface area contributed by atoms with Crippen molar-refractivity contribution in [3.63, 3.8) is 0 Å². The normalized spacial score (nSPS) is 13.5. The fourth-order valence-corrected chi connectivity index (χ4v) is 5.42. The molecule has 1 N–H and O–H groups in total. The van der Waals surface area contributed by atoms with Gasteiger partial charge in [0.15, 0.2) is 9.84 Å². The average Bonchev–Trinajstić information content (AvgIpc) is 2.61. The monoisotopic (exact) mass is 402 g/mol. The highest BCUT2D eigenvalue weighted by Gasteiger charge is 2.30. The zero-order valence-electron chi connectivity index (χ0n) is 13.4. The Kier molecular flexibility index (Phi) is 6.95. The molecule has 0 saturated carbocycles. The lowest BCUT2D eigenvalue weighted by atomic mass is 10.2. The fourth-order valence-electron chi connectivity index (χ4n) is 2.27. The van der Waals surface area contributed by atoms with E-state index < -0.39 is 25.1 Å². The van der Waals surface area contributed by atoms with E-state index in [9.17, 15) is 16.8 Å². The minimum atomic E-state index is -3.79. The number of nitrogens with one attached hydrogen (secondary N) is 1. The molecular formula is C16H19ClN2O4S2. The first kappa shape index (κ1) is 19.8. The minimum Gasteiger partial charge on any atom is -0.264 e. The van der Waals surface area contributed by atoms with Crippen LogP contribution >= 0.6 is 11.6 Å². The van der Waals surface area contributed by atoms with Gasteiger partial charge < -0.3 is 0 Å². The van der Waals surface area contributed by atoms with Crippen molar-refractivity contribution in [2.45, 2.75) is 16.6 Å².